The van der Waals surface area contributed by atoms with E-state index in [9.17, 15) is 14.4 Å². The first-order valence-corrected chi connectivity index (χ1v) is 32.6. The molecule has 6 heteroatoms. The standard InChI is InChI=1S/C70H122O6/c1-4-7-10-13-16-19-21-23-25-26-27-28-29-30-31-32-33-34-35-36-37-38-39-40-41-42-43-44-46-47-49-51-54-57-60-63-69(72)75-66-67(65-74-68(71)62-59-56-53-18-15-12-9-6-3)76-70(73)64-61-58-55-52-50-48-45-24-22-20-17-14-11-8-5-2/h7-8,10-11,16-17,19-20,23-25,27-28,45,67H,4-6,9,12-15,18,21-22,26,29-44,46-66H2,1-3H3/b10-7-,11-8-,19-16-,20-17-,25-23-,28-27-,45-24-. The normalized spacial score (nSPS) is 12.6. The molecule has 438 valence electrons. The van der Waals surface area contributed by atoms with E-state index >= 15 is 0 Å². The number of allylic oxidation sites excluding steroid dienone is 14. The van der Waals surface area contributed by atoms with Gasteiger partial charge in [0.15, 0.2) is 6.10 Å². The molecule has 1 atom stereocenters. The van der Waals surface area contributed by atoms with Gasteiger partial charge < -0.3 is 14.2 Å². The van der Waals surface area contributed by atoms with Gasteiger partial charge in [-0.3, -0.25) is 14.4 Å². The van der Waals surface area contributed by atoms with Gasteiger partial charge in [-0.1, -0.05) is 298 Å². The number of rotatable bonds is 59. The molecule has 0 aliphatic carbocycles. The second kappa shape index (κ2) is 64.1. The van der Waals surface area contributed by atoms with Gasteiger partial charge in [-0.05, 0) is 89.9 Å². The Morgan fingerprint density at radius 1 is 0.276 bits per heavy atom. The van der Waals surface area contributed by atoms with E-state index in [0.717, 1.165) is 122 Å². The first-order chi connectivity index (χ1) is 37.5. The minimum Gasteiger partial charge on any atom is -0.462 e. The molecule has 0 aromatic heterocycles. The van der Waals surface area contributed by atoms with Crippen molar-refractivity contribution in [2.45, 2.75) is 329 Å². The fraction of sp³-hybridized carbons (Fsp3) is 0.757. The van der Waals surface area contributed by atoms with Crippen molar-refractivity contribution in [3.05, 3.63) is 85.1 Å². The van der Waals surface area contributed by atoms with Crippen LogP contribution >= 0.6 is 0 Å². The summed E-state index contributed by atoms with van der Waals surface area (Å²) in [6, 6.07) is 0. The van der Waals surface area contributed by atoms with Crippen molar-refractivity contribution >= 4 is 17.9 Å². The van der Waals surface area contributed by atoms with E-state index < -0.39 is 6.10 Å². The monoisotopic (exact) mass is 1060 g/mol. The van der Waals surface area contributed by atoms with Gasteiger partial charge in [0, 0.05) is 19.3 Å². The van der Waals surface area contributed by atoms with E-state index in [-0.39, 0.29) is 31.1 Å². The van der Waals surface area contributed by atoms with E-state index in [0.29, 0.717) is 19.3 Å². The second-order valence-electron chi connectivity index (χ2n) is 21.6. The third-order valence-corrected chi connectivity index (χ3v) is 14.1. The highest BCUT2D eigenvalue weighted by Gasteiger charge is 2.19. The number of carbonyl (C=O) groups is 3. The van der Waals surface area contributed by atoms with Crippen LogP contribution in [0.25, 0.3) is 0 Å². The smallest absolute Gasteiger partial charge is 0.306 e. The summed E-state index contributed by atoms with van der Waals surface area (Å²) in [6.07, 6.45) is 84.9. The van der Waals surface area contributed by atoms with Gasteiger partial charge in [-0.2, -0.15) is 0 Å². The lowest BCUT2D eigenvalue weighted by Crippen LogP contribution is -2.30. The SMILES string of the molecule is CC/C=C\C/C=C\C/C=C\C/C=C\CCCCCCCCCCCCCCCCCCCCCCCCC(=O)OCC(COC(=O)CCCCCCCCCC)OC(=O)CCCCCCC/C=C\C/C=C\C/C=C\CC. The fourth-order valence-corrected chi connectivity index (χ4v) is 9.33. The van der Waals surface area contributed by atoms with E-state index in [4.69, 9.17) is 14.2 Å². The first-order valence-electron chi connectivity index (χ1n) is 32.6. The summed E-state index contributed by atoms with van der Waals surface area (Å²) in [5, 5.41) is 0. The van der Waals surface area contributed by atoms with Crippen molar-refractivity contribution < 1.29 is 28.6 Å². The third-order valence-electron chi connectivity index (χ3n) is 14.1. The van der Waals surface area contributed by atoms with Gasteiger partial charge in [0.05, 0.1) is 0 Å². The highest BCUT2D eigenvalue weighted by atomic mass is 16.6. The van der Waals surface area contributed by atoms with E-state index in [2.05, 4.69) is 106 Å². The van der Waals surface area contributed by atoms with Crippen molar-refractivity contribution in [2.24, 2.45) is 0 Å². The molecule has 0 rings (SSSR count). The van der Waals surface area contributed by atoms with Gasteiger partial charge in [0.2, 0.25) is 0 Å². The van der Waals surface area contributed by atoms with E-state index in [1.165, 1.54) is 161 Å². The van der Waals surface area contributed by atoms with Crippen LogP contribution in [0.1, 0.15) is 323 Å². The maximum absolute atomic E-state index is 12.8. The molecule has 76 heavy (non-hydrogen) atoms. The van der Waals surface area contributed by atoms with Crippen molar-refractivity contribution in [3.8, 4) is 0 Å². The summed E-state index contributed by atoms with van der Waals surface area (Å²) in [5.74, 6) is -0.888. The van der Waals surface area contributed by atoms with Crippen molar-refractivity contribution in [3.63, 3.8) is 0 Å². The van der Waals surface area contributed by atoms with Crippen LogP contribution in [0.4, 0.5) is 0 Å². The molecule has 0 saturated heterocycles. The first kappa shape index (κ1) is 72.6. The lowest BCUT2D eigenvalue weighted by atomic mass is 10.0. The molecule has 0 fully saturated rings. The second-order valence-corrected chi connectivity index (χ2v) is 21.6. The average molecular weight is 1060 g/mol. The Bertz CT molecular complexity index is 1450. The molecule has 0 amide bonds. The average Bonchev–Trinajstić information content (AvgIpc) is 3.42. The van der Waals surface area contributed by atoms with Gasteiger partial charge in [-0.25, -0.2) is 0 Å². The zero-order valence-corrected chi connectivity index (χ0v) is 50.3. The zero-order chi connectivity index (χ0) is 55.0. The number of hydrogen-bond donors (Lipinski definition) is 0. The van der Waals surface area contributed by atoms with Crippen molar-refractivity contribution in [1.82, 2.24) is 0 Å². The Hall–Kier alpha value is -3.41. The quantitative estimate of drug-likeness (QED) is 0.0261. The number of carbonyl (C=O) groups excluding carboxylic acids is 3. The highest BCUT2D eigenvalue weighted by molar-refractivity contribution is 5.71. The Morgan fingerprint density at radius 3 is 0.803 bits per heavy atom. The number of hydrogen-bond acceptors (Lipinski definition) is 6. The predicted molar refractivity (Wildman–Crippen MR) is 330 cm³/mol. The summed E-state index contributed by atoms with van der Waals surface area (Å²) in [7, 11) is 0. The summed E-state index contributed by atoms with van der Waals surface area (Å²) in [5.41, 5.74) is 0. The Kier molecular flexibility index (Phi) is 61.2. The molecule has 0 aromatic rings. The molecule has 0 N–H and O–H groups in total. The van der Waals surface area contributed by atoms with Gasteiger partial charge in [0.1, 0.15) is 13.2 Å². The largest absolute Gasteiger partial charge is 0.462 e. The molecule has 0 bridgehead atoms. The van der Waals surface area contributed by atoms with Crippen LogP contribution in [0, 0.1) is 0 Å². The Labute approximate surface area is 471 Å². The van der Waals surface area contributed by atoms with Crippen molar-refractivity contribution in [1.29, 1.82) is 0 Å². The van der Waals surface area contributed by atoms with Crippen LogP contribution < -0.4 is 0 Å². The molecule has 0 spiro atoms. The van der Waals surface area contributed by atoms with Gasteiger partial charge in [0.25, 0.3) is 0 Å². The lowest BCUT2D eigenvalue weighted by Gasteiger charge is -2.18. The van der Waals surface area contributed by atoms with E-state index in [1.54, 1.807) is 0 Å². The molecule has 0 aliphatic heterocycles. The number of unbranched alkanes of at least 4 members (excludes halogenated alkanes) is 34. The molecule has 0 saturated carbocycles. The molecule has 0 aromatic carbocycles. The lowest BCUT2D eigenvalue weighted by molar-refractivity contribution is -0.167. The fourth-order valence-electron chi connectivity index (χ4n) is 9.33. The predicted octanol–water partition coefficient (Wildman–Crippen LogP) is 22.3. The van der Waals surface area contributed by atoms with Crippen LogP contribution in [0.2, 0.25) is 0 Å². The van der Waals surface area contributed by atoms with Gasteiger partial charge >= 0.3 is 17.9 Å². The summed E-state index contributed by atoms with van der Waals surface area (Å²) < 4.78 is 16.8. The molecule has 0 heterocycles. The Morgan fingerprint density at radius 2 is 0.513 bits per heavy atom. The summed E-state index contributed by atoms with van der Waals surface area (Å²) >= 11 is 0. The van der Waals surface area contributed by atoms with Crippen LogP contribution in [-0.2, 0) is 28.6 Å². The maximum atomic E-state index is 12.8. The molecular weight excluding hydrogens is 937 g/mol. The molecule has 0 aliphatic rings. The zero-order valence-electron chi connectivity index (χ0n) is 50.3. The maximum Gasteiger partial charge on any atom is 0.306 e. The van der Waals surface area contributed by atoms with E-state index in [1.807, 2.05) is 0 Å². The molecule has 0 radical (unpaired) electrons. The number of esters is 3. The van der Waals surface area contributed by atoms with Crippen molar-refractivity contribution in [2.75, 3.05) is 13.2 Å². The highest BCUT2D eigenvalue weighted by Crippen LogP contribution is 2.17. The van der Waals surface area contributed by atoms with Crippen LogP contribution in [0.5, 0.6) is 0 Å². The molecule has 6 nitrogen and oxygen atoms in total. The summed E-state index contributed by atoms with van der Waals surface area (Å²) in [6.45, 7) is 6.40. The van der Waals surface area contributed by atoms with Crippen LogP contribution in [0.3, 0.4) is 0 Å². The minimum atomic E-state index is -0.780. The number of ether oxygens (including phenoxy) is 3. The molecular formula is C70H122O6. The minimum absolute atomic E-state index is 0.0787. The topological polar surface area (TPSA) is 78.9 Å². The summed E-state index contributed by atoms with van der Waals surface area (Å²) in [4.78, 5) is 38.1. The van der Waals surface area contributed by atoms with Gasteiger partial charge in [-0.15, -0.1) is 0 Å². The van der Waals surface area contributed by atoms with Crippen LogP contribution in [-0.4, -0.2) is 37.2 Å². The molecule has 1 unspecified atom stereocenters. The Balaban J connectivity index is 3.98. The van der Waals surface area contributed by atoms with Crippen LogP contribution in [0.15, 0.2) is 85.1 Å². The third kappa shape index (κ3) is 61.4.